The van der Waals surface area contributed by atoms with Crippen molar-refractivity contribution < 1.29 is 14.5 Å². The molecule has 0 saturated heterocycles. The fraction of sp³-hybridized carbons (Fsp3) is 0.375. The molecule has 8 heteroatoms. The zero-order chi connectivity index (χ0) is 23.3. The van der Waals surface area contributed by atoms with E-state index in [1.54, 1.807) is 0 Å². The van der Waals surface area contributed by atoms with Crippen LogP contribution in [0.25, 0.3) is 0 Å². The van der Waals surface area contributed by atoms with Crippen molar-refractivity contribution in [1.82, 2.24) is 0 Å². The first kappa shape index (κ1) is 21.7. The number of para-hydroxylation sites is 1. The molecule has 2 bridgehead atoms. The third-order valence-corrected chi connectivity index (χ3v) is 7.73. The predicted octanol–water partition coefficient (Wildman–Crippen LogP) is 4.71. The first-order valence-corrected chi connectivity index (χ1v) is 10.6. The molecular weight excluding hydrogens is 408 g/mol. The molecule has 2 N–H and O–H groups in total. The Bertz CT molecular complexity index is 1150. The monoisotopic (exact) mass is 434 g/mol. The number of hydrazone groups is 1. The van der Waals surface area contributed by atoms with Gasteiger partial charge >= 0.3 is 0 Å². The van der Waals surface area contributed by atoms with E-state index in [2.05, 4.69) is 15.8 Å². The van der Waals surface area contributed by atoms with E-state index in [1.165, 1.54) is 24.3 Å². The minimum absolute atomic E-state index is 0.0286. The molecule has 2 unspecified atom stereocenters. The van der Waals surface area contributed by atoms with Crippen molar-refractivity contribution in [3.05, 3.63) is 64.2 Å². The average Bonchev–Trinajstić information content (AvgIpc) is 3.03. The molecule has 1 amide bonds. The highest BCUT2D eigenvalue weighted by atomic mass is 16.6. The molecule has 2 aromatic carbocycles. The number of Topliss-reactive ketones (excluding diaryl/α,β-unsaturated/α-hetero) is 1. The lowest BCUT2D eigenvalue weighted by molar-refractivity contribution is -0.384. The van der Waals surface area contributed by atoms with Crippen LogP contribution in [0.3, 0.4) is 0 Å². The van der Waals surface area contributed by atoms with Crippen molar-refractivity contribution >= 4 is 34.5 Å². The van der Waals surface area contributed by atoms with Gasteiger partial charge in [-0.2, -0.15) is 5.10 Å². The van der Waals surface area contributed by atoms with Crippen molar-refractivity contribution in [3.63, 3.8) is 0 Å². The molecule has 32 heavy (non-hydrogen) atoms. The van der Waals surface area contributed by atoms with Gasteiger partial charge in [0.15, 0.2) is 5.78 Å². The van der Waals surface area contributed by atoms with Gasteiger partial charge in [-0.1, -0.05) is 39.0 Å². The van der Waals surface area contributed by atoms with Crippen LogP contribution >= 0.6 is 0 Å². The van der Waals surface area contributed by atoms with Gasteiger partial charge in [-0.15, -0.1) is 0 Å². The van der Waals surface area contributed by atoms with E-state index in [0.29, 0.717) is 29.9 Å². The Labute approximate surface area is 186 Å². The van der Waals surface area contributed by atoms with E-state index in [4.69, 9.17) is 0 Å². The Morgan fingerprint density at radius 2 is 1.72 bits per heavy atom. The normalized spacial score (nSPS) is 26.9. The number of benzene rings is 2. The zero-order valence-electron chi connectivity index (χ0n) is 18.6. The number of non-ortho nitro benzene ring substituents is 1. The Morgan fingerprint density at radius 3 is 2.34 bits per heavy atom. The smallest absolute Gasteiger partial charge is 0.269 e. The van der Waals surface area contributed by atoms with Crippen molar-refractivity contribution in [2.75, 3.05) is 10.7 Å². The number of nitrogens with one attached hydrogen (secondary N) is 2. The molecule has 0 spiro atoms. The molecule has 2 fully saturated rings. The quantitative estimate of drug-likeness (QED) is 0.402. The third-order valence-electron chi connectivity index (χ3n) is 7.73. The van der Waals surface area contributed by atoms with Crippen molar-refractivity contribution in [2.45, 2.75) is 40.5 Å². The molecule has 2 aromatic rings. The largest absolute Gasteiger partial charge is 0.325 e. The Balaban J connectivity index is 1.66. The summed E-state index contributed by atoms with van der Waals surface area (Å²) >= 11 is 0. The summed E-state index contributed by atoms with van der Waals surface area (Å²) in [5, 5.41) is 18.3. The van der Waals surface area contributed by atoms with Gasteiger partial charge in [0.05, 0.1) is 10.6 Å². The van der Waals surface area contributed by atoms with Gasteiger partial charge in [-0.25, -0.2) is 0 Å². The Morgan fingerprint density at radius 1 is 1.06 bits per heavy atom. The number of rotatable bonds is 5. The number of amides is 1. The molecule has 2 atom stereocenters. The highest BCUT2D eigenvalue weighted by Crippen LogP contribution is 2.69. The van der Waals surface area contributed by atoms with Gasteiger partial charge in [-0.3, -0.25) is 25.1 Å². The number of fused-ring (bicyclic) bond motifs is 2. The molecule has 2 aliphatic rings. The molecule has 0 radical (unpaired) electrons. The van der Waals surface area contributed by atoms with Crippen LogP contribution < -0.4 is 10.7 Å². The number of hydrogen-bond donors (Lipinski definition) is 2. The van der Waals surface area contributed by atoms with E-state index in [9.17, 15) is 19.7 Å². The maximum Gasteiger partial charge on any atom is 0.269 e. The summed E-state index contributed by atoms with van der Waals surface area (Å²) in [7, 11) is 0. The molecule has 0 aromatic heterocycles. The molecule has 0 aliphatic heterocycles. The maximum absolute atomic E-state index is 13.7. The topological polar surface area (TPSA) is 114 Å². The number of nitro benzene ring substituents is 1. The maximum atomic E-state index is 13.7. The molecule has 0 heterocycles. The molecule has 8 nitrogen and oxygen atoms in total. The summed E-state index contributed by atoms with van der Waals surface area (Å²) in [6.07, 6.45) is 1.12. The lowest BCUT2D eigenvalue weighted by Crippen LogP contribution is -2.47. The zero-order valence-corrected chi connectivity index (χ0v) is 18.6. The van der Waals surface area contributed by atoms with Crippen molar-refractivity contribution in [3.8, 4) is 0 Å². The minimum atomic E-state index is -1.21. The number of anilines is 2. The number of nitro groups is 1. The van der Waals surface area contributed by atoms with Crippen LogP contribution in [0, 0.1) is 33.3 Å². The summed E-state index contributed by atoms with van der Waals surface area (Å²) in [5.41, 5.74) is 2.89. The highest BCUT2D eigenvalue weighted by molar-refractivity contribution is 6.51. The van der Waals surface area contributed by atoms with E-state index >= 15 is 0 Å². The predicted molar refractivity (Wildman–Crippen MR) is 123 cm³/mol. The van der Waals surface area contributed by atoms with Gasteiger partial charge in [0.2, 0.25) is 5.91 Å². The first-order valence-electron chi connectivity index (χ1n) is 10.6. The van der Waals surface area contributed by atoms with Crippen LogP contribution in [-0.2, 0) is 9.59 Å². The van der Waals surface area contributed by atoms with Crippen LogP contribution in [-0.4, -0.2) is 22.3 Å². The number of hydrogen-bond acceptors (Lipinski definition) is 6. The van der Waals surface area contributed by atoms with Gasteiger partial charge in [-0.05, 0) is 48.9 Å². The molecular formula is C24H26N4O4. The molecule has 2 saturated carbocycles. The number of aryl methyl sites for hydroxylation is 1. The van der Waals surface area contributed by atoms with Gasteiger partial charge in [0, 0.05) is 23.2 Å². The van der Waals surface area contributed by atoms with E-state index < -0.39 is 21.2 Å². The van der Waals surface area contributed by atoms with E-state index in [0.717, 1.165) is 5.56 Å². The Kier molecular flexibility index (Phi) is 4.91. The summed E-state index contributed by atoms with van der Waals surface area (Å²) in [5.74, 6) is -0.567. The summed E-state index contributed by atoms with van der Waals surface area (Å²) < 4.78 is 0. The average molecular weight is 434 g/mol. The molecule has 2 aliphatic carbocycles. The lowest BCUT2D eigenvalue weighted by atomic mass is 9.64. The highest BCUT2D eigenvalue weighted by Gasteiger charge is 2.76. The van der Waals surface area contributed by atoms with Crippen molar-refractivity contribution in [2.24, 2.45) is 21.3 Å². The van der Waals surface area contributed by atoms with Crippen LogP contribution in [0.5, 0.6) is 0 Å². The van der Waals surface area contributed by atoms with Gasteiger partial charge in [0.1, 0.15) is 11.1 Å². The number of carbonyl (C=O) groups excluding carboxylic acids is 2. The van der Waals surface area contributed by atoms with E-state index in [1.807, 2.05) is 52.0 Å². The summed E-state index contributed by atoms with van der Waals surface area (Å²) in [6.45, 7) is 7.82. The Hall–Kier alpha value is -3.55. The second-order valence-electron chi connectivity index (χ2n) is 9.34. The van der Waals surface area contributed by atoms with Crippen LogP contribution in [0.4, 0.5) is 17.1 Å². The SMILES string of the molecule is Cc1ccccc1NC(=O)C12CCC(C)(C(=NNc3ccc([N+](=O)[O-])cc3)C1=O)C2(C)C. The second-order valence-corrected chi connectivity index (χ2v) is 9.34. The number of carbonyl (C=O) groups is 2. The van der Waals surface area contributed by atoms with Crippen LogP contribution in [0.15, 0.2) is 53.6 Å². The number of ketones is 1. The second kappa shape index (κ2) is 7.25. The first-order chi connectivity index (χ1) is 15.0. The minimum Gasteiger partial charge on any atom is -0.325 e. The van der Waals surface area contributed by atoms with E-state index in [-0.39, 0.29) is 17.4 Å². The fourth-order valence-corrected chi connectivity index (χ4v) is 5.19. The summed E-state index contributed by atoms with van der Waals surface area (Å²) in [4.78, 5) is 37.6. The van der Waals surface area contributed by atoms with Crippen molar-refractivity contribution in [1.29, 1.82) is 0 Å². The van der Waals surface area contributed by atoms with Crippen LogP contribution in [0.2, 0.25) is 0 Å². The summed E-state index contributed by atoms with van der Waals surface area (Å²) in [6, 6.07) is 13.3. The van der Waals surface area contributed by atoms with Gasteiger partial charge in [0.25, 0.3) is 5.69 Å². The van der Waals surface area contributed by atoms with Crippen LogP contribution in [0.1, 0.15) is 39.2 Å². The molecule has 4 rings (SSSR count). The third kappa shape index (κ3) is 2.86. The fourth-order valence-electron chi connectivity index (χ4n) is 5.19. The molecule has 166 valence electrons. The lowest BCUT2D eigenvalue weighted by Gasteiger charge is -2.37. The van der Waals surface area contributed by atoms with Gasteiger partial charge < -0.3 is 5.32 Å². The standard InChI is InChI=1S/C24H26N4O4/c1-15-7-5-6-8-18(15)25-21(30)24-14-13-23(4,22(24,2)3)19(20(24)29)27-26-16-9-11-17(12-10-16)28(31)32/h5-12,26H,13-14H2,1-4H3,(H,25,30). The number of nitrogens with zero attached hydrogens (tertiary/aromatic N) is 2.